The predicted octanol–water partition coefficient (Wildman–Crippen LogP) is 3.54. The second kappa shape index (κ2) is 8.58. The summed E-state index contributed by atoms with van der Waals surface area (Å²) in [5, 5.41) is 2.74. The summed E-state index contributed by atoms with van der Waals surface area (Å²) < 4.78 is 11.2. The van der Waals surface area contributed by atoms with Crippen molar-refractivity contribution in [3.8, 4) is 11.5 Å². The molecule has 6 nitrogen and oxygen atoms in total. The number of aryl methyl sites for hydroxylation is 1. The lowest BCUT2D eigenvalue weighted by molar-refractivity contribution is -0.121. The van der Waals surface area contributed by atoms with E-state index in [9.17, 15) is 9.59 Å². The van der Waals surface area contributed by atoms with Crippen LogP contribution in [-0.4, -0.2) is 31.6 Å². The molecule has 0 aromatic heterocycles. The average Bonchev–Trinajstić information content (AvgIpc) is 2.64. The first-order valence-electron chi connectivity index (χ1n) is 9.07. The molecular weight excluding hydrogens is 344 g/mol. The highest BCUT2D eigenvalue weighted by Crippen LogP contribution is 2.34. The Kier molecular flexibility index (Phi) is 5.96. The van der Waals surface area contributed by atoms with Crippen LogP contribution >= 0.6 is 0 Å². The van der Waals surface area contributed by atoms with Crippen molar-refractivity contribution >= 4 is 23.2 Å². The van der Waals surface area contributed by atoms with E-state index < -0.39 is 0 Å². The van der Waals surface area contributed by atoms with Crippen LogP contribution in [-0.2, 0) is 9.59 Å². The Morgan fingerprint density at radius 2 is 1.96 bits per heavy atom. The molecule has 1 aliphatic rings. The maximum atomic E-state index is 12.3. The van der Waals surface area contributed by atoms with Crippen molar-refractivity contribution < 1.29 is 19.1 Å². The standard InChI is InChI=1S/C21H24N2O4/c1-15-5-8-18(9-6-15)26-12-4-3-11-23-19-13-17(22-16(2)24)7-10-20(19)27-14-21(23)25/h5-10,13H,3-4,11-12,14H2,1-2H3,(H,22,24). The second-order valence-electron chi connectivity index (χ2n) is 6.57. The Morgan fingerprint density at radius 3 is 2.70 bits per heavy atom. The van der Waals surface area contributed by atoms with Gasteiger partial charge in [0.15, 0.2) is 6.61 Å². The summed E-state index contributed by atoms with van der Waals surface area (Å²) in [6.45, 7) is 4.70. The fraction of sp³-hybridized carbons (Fsp3) is 0.333. The van der Waals surface area contributed by atoms with Gasteiger partial charge in [-0.25, -0.2) is 0 Å². The number of hydrogen-bond acceptors (Lipinski definition) is 4. The number of carbonyl (C=O) groups excluding carboxylic acids is 2. The van der Waals surface area contributed by atoms with Crippen molar-refractivity contribution in [3.63, 3.8) is 0 Å². The third-order valence-electron chi connectivity index (χ3n) is 4.29. The molecule has 1 N–H and O–H groups in total. The average molecular weight is 368 g/mol. The number of unbranched alkanes of at least 4 members (excludes halogenated alkanes) is 1. The molecule has 0 saturated heterocycles. The summed E-state index contributed by atoms with van der Waals surface area (Å²) in [5.41, 5.74) is 2.54. The normalized spacial score (nSPS) is 13.0. The smallest absolute Gasteiger partial charge is 0.265 e. The van der Waals surface area contributed by atoms with Crippen molar-refractivity contribution in [2.75, 3.05) is 30.0 Å². The van der Waals surface area contributed by atoms with Gasteiger partial charge in [0.05, 0.1) is 12.3 Å². The molecule has 0 aliphatic carbocycles. The fourth-order valence-electron chi connectivity index (χ4n) is 2.92. The van der Waals surface area contributed by atoms with Crippen LogP contribution in [0.1, 0.15) is 25.3 Å². The van der Waals surface area contributed by atoms with Crippen LogP contribution in [0, 0.1) is 6.92 Å². The molecule has 0 spiro atoms. The highest BCUT2D eigenvalue weighted by atomic mass is 16.5. The van der Waals surface area contributed by atoms with E-state index in [-0.39, 0.29) is 18.4 Å². The van der Waals surface area contributed by atoms with Crippen LogP contribution in [0.25, 0.3) is 0 Å². The topological polar surface area (TPSA) is 67.9 Å². The van der Waals surface area contributed by atoms with Gasteiger partial charge in [-0.2, -0.15) is 0 Å². The van der Waals surface area contributed by atoms with Crippen LogP contribution in [0.3, 0.4) is 0 Å². The molecule has 0 saturated carbocycles. The molecule has 0 fully saturated rings. The van der Waals surface area contributed by atoms with E-state index in [1.165, 1.54) is 12.5 Å². The predicted molar refractivity (Wildman–Crippen MR) is 105 cm³/mol. The Hall–Kier alpha value is -3.02. The molecule has 3 rings (SSSR count). The number of ether oxygens (including phenoxy) is 2. The van der Waals surface area contributed by atoms with Crippen LogP contribution in [0.15, 0.2) is 42.5 Å². The lowest BCUT2D eigenvalue weighted by Crippen LogP contribution is -2.39. The number of amides is 2. The van der Waals surface area contributed by atoms with Crippen LogP contribution in [0.4, 0.5) is 11.4 Å². The van der Waals surface area contributed by atoms with Crippen molar-refractivity contribution in [1.82, 2.24) is 0 Å². The maximum Gasteiger partial charge on any atom is 0.265 e. The van der Waals surface area contributed by atoms with Crippen molar-refractivity contribution in [1.29, 1.82) is 0 Å². The number of fused-ring (bicyclic) bond motifs is 1. The first-order chi connectivity index (χ1) is 13.0. The lowest BCUT2D eigenvalue weighted by Gasteiger charge is -2.29. The van der Waals surface area contributed by atoms with Crippen LogP contribution in [0.2, 0.25) is 0 Å². The molecule has 0 bridgehead atoms. The molecule has 2 amide bonds. The van der Waals surface area contributed by atoms with Gasteiger partial charge in [0.25, 0.3) is 5.91 Å². The second-order valence-corrected chi connectivity index (χ2v) is 6.57. The zero-order valence-electron chi connectivity index (χ0n) is 15.7. The van der Waals surface area contributed by atoms with Gasteiger partial charge in [0.2, 0.25) is 5.91 Å². The summed E-state index contributed by atoms with van der Waals surface area (Å²) in [7, 11) is 0. The quantitative estimate of drug-likeness (QED) is 0.759. The van der Waals surface area contributed by atoms with Crippen LogP contribution < -0.4 is 19.7 Å². The minimum Gasteiger partial charge on any atom is -0.494 e. The lowest BCUT2D eigenvalue weighted by atomic mass is 10.2. The zero-order chi connectivity index (χ0) is 19.2. The molecule has 0 atom stereocenters. The Morgan fingerprint density at radius 1 is 1.19 bits per heavy atom. The molecule has 1 aliphatic heterocycles. The van der Waals surface area contributed by atoms with Crippen molar-refractivity contribution in [2.45, 2.75) is 26.7 Å². The largest absolute Gasteiger partial charge is 0.494 e. The van der Waals surface area contributed by atoms with E-state index in [1.54, 1.807) is 23.1 Å². The van der Waals surface area contributed by atoms with Gasteiger partial charge in [-0.15, -0.1) is 0 Å². The highest BCUT2D eigenvalue weighted by Gasteiger charge is 2.25. The van der Waals surface area contributed by atoms with Gasteiger partial charge < -0.3 is 19.7 Å². The van der Waals surface area contributed by atoms with Gasteiger partial charge >= 0.3 is 0 Å². The summed E-state index contributed by atoms with van der Waals surface area (Å²) in [6, 6.07) is 13.3. The minimum absolute atomic E-state index is 0.0341. The van der Waals surface area contributed by atoms with Crippen molar-refractivity contribution in [2.24, 2.45) is 0 Å². The number of carbonyl (C=O) groups is 2. The van der Waals surface area contributed by atoms with E-state index in [4.69, 9.17) is 9.47 Å². The number of nitrogens with zero attached hydrogens (tertiary/aromatic N) is 1. The van der Waals surface area contributed by atoms with E-state index >= 15 is 0 Å². The number of hydrogen-bond donors (Lipinski definition) is 1. The van der Waals surface area contributed by atoms with E-state index in [2.05, 4.69) is 5.32 Å². The Bertz CT molecular complexity index is 817. The molecule has 27 heavy (non-hydrogen) atoms. The molecule has 2 aromatic carbocycles. The SMILES string of the molecule is CC(=O)Nc1ccc2c(c1)N(CCCCOc1ccc(C)cc1)C(=O)CO2. The van der Waals surface area contributed by atoms with Crippen LogP contribution in [0.5, 0.6) is 11.5 Å². The molecule has 6 heteroatoms. The van der Waals surface area contributed by atoms with Gasteiger partial charge in [0, 0.05) is 19.2 Å². The summed E-state index contributed by atoms with van der Waals surface area (Å²) in [6.07, 6.45) is 1.64. The molecule has 0 radical (unpaired) electrons. The van der Waals surface area contributed by atoms with Gasteiger partial charge in [-0.1, -0.05) is 17.7 Å². The Balaban J connectivity index is 1.55. The number of anilines is 2. The third-order valence-corrected chi connectivity index (χ3v) is 4.29. The third kappa shape index (κ3) is 5.00. The monoisotopic (exact) mass is 368 g/mol. The van der Waals surface area contributed by atoms with E-state index in [0.29, 0.717) is 30.3 Å². The minimum atomic E-state index is -0.155. The molecule has 0 unspecified atom stereocenters. The molecule has 142 valence electrons. The first kappa shape index (κ1) is 18.8. The van der Waals surface area contributed by atoms with E-state index in [0.717, 1.165) is 18.6 Å². The van der Waals surface area contributed by atoms with E-state index in [1.807, 2.05) is 31.2 Å². The zero-order valence-corrected chi connectivity index (χ0v) is 15.7. The summed E-state index contributed by atoms with van der Waals surface area (Å²) in [4.78, 5) is 25.3. The van der Waals surface area contributed by atoms with Gasteiger partial charge in [0.1, 0.15) is 11.5 Å². The first-order valence-corrected chi connectivity index (χ1v) is 9.07. The number of nitrogens with one attached hydrogen (secondary N) is 1. The maximum absolute atomic E-state index is 12.3. The summed E-state index contributed by atoms with van der Waals surface area (Å²) in [5.74, 6) is 1.27. The Labute approximate surface area is 159 Å². The number of benzene rings is 2. The number of rotatable bonds is 7. The molecule has 2 aromatic rings. The van der Waals surface area contributed by atoms with Gasteiger partial charge in [-0.05, 0) is 50.1 Å². The highest BCUT2D eigenvalue weighted by molar-refractivity contribution is 5.99. The van der Waals surface area contributed by atoms with Gasteiger partial charge in [-0.3, -0.25) is 9.59 Å². The molecular formula is C21H24N2O4. The summed E-state index contributed by atoms with van der Waals surface area (Å²) >= 11 is 0. The fourth-order valence-corrected chi connectivity index (χ4v) is 2.92. The van der Waals surface area contributed by atoms with Crippen molar-refractivity contribution in [3.05, 3.63) is 48.0 Å². The molecule has 1 heterocycles.